The molecule has 7 heavy (non-hydrogen) atoms. The van der Waals surface area contributed by atoms with Crippen molar-refractivity contribution in [3.63, 3.8) is 0 Å². The van der Waals surface area contributed by atoms with E-state index in [1.54, 1.807) is 0 Å². The summed E-state index contributed by atoms with van der Waals surface area (Å²) < 4.78 is 1.89. The average molecular weight is 176 g/mol. The number of nitrogens with zero attached hydrogens (tertiary/aromatic N) is 1. The van der Waals surface area contributed by atoms with Gasteiger partial charge in [-0.2, -0.15) is 0 Å². The maximum atomic E-state index is 5.55. The van der Waals surface area contributed by atoms with Crippen LogP contribution in [0.25, 0.3) is 0 Å². The third-order valence-corrected chi connectivity index (χ3v) is 3.79. The Morgan fingerprint density at radius 3 is 1.86 bits per heavy atom. The zero-order valence-electron chi connectivity index (χ0n) is 3.47. The Morgan fingerprint density at radius 2 is 1.86 bits per heavy atom. The third-order valence-electron chi connectivity index (χ3n) is 0.753. The van der Waals surface area contributed by atoms with E-state index in [0.717, 1.165) is 13.1 Å². The SMILES string of the molecule is S=P(Cl)(Cl)N1CC1. The van der Waals surface area contributed by atoms with E-state index in [-0.39, 0.29) is 0 Å². The largest absolute Gasteiger partial charge is 0.249 e. The summed E-state index contributed by atoms with van der Waals surface area (Å²) in [5.41, 5.74) is 0. The van der Waals surface area contributed by atoms with E-state index in [9.17, 15) is 0 Å². The first kappa shape index (κ1) is 6.31. The molecule has 0 bridgehead atoms. The van der Waals surface area contributed by atoms with Crippen molar-refractivity contribution < 1.29 is 0 Å². The Balaban J connectivity index is 2.52. The zero-order valence-corrected chi connectivity index (χ0v) is 6.70. The van der Waals surface area contributed by atoms with Crippen LogP contribution in [0.2, 0.25) is 0 Å². The van der Waals surface area contributed by atoms with Crippen LogP contribution in [-0.4, -0.2) is 17.8 Å². The first-order chi connectivity index (χ1) is 3.11. The number of rotatable bonds is 1. The standard InChI is InChI=1S/C2H4Cl2NPS/c3-6(4,7)5-1-2-5/h1-2H2. The highest BCUT2D eigenvalue weighted by atomic mass is 35.9. The predicted molar refractivity (Wildman–Crippen MR) is 37.6 cm³/mol. The molecular weight excluding hydrogens is 172 g/mol. The molecule has 1 heterocycles. The highest BCUT2D eigenvalue weighted by Gasteiger charge is 2.29. The molecule has 0 aliphatic carbocycles. The molecule has 1 aliphatic heterocycles. The smallest absolute Gasteiger partial charge is 0.183 e. The molecule has 0 aromatic heterocycles. The topological polar surface area (TPSA) is 3.01 Å². The van der Waals surface area contributed by atoms with Crippen LogP contribution in [0.1, 0.15) is 0 Å². The molecule has 0 aromatic carbocycles. The fraction of sp³-hybridized carbons (Fsp3) is 1.00. The Labute approximate surface area is 57.2 Å². The second kappa shape index (κ2) is 1.85. The van der Waals surface area contributed by atoms with Gasteiger partial charge in [0, 0.05) is 13.1 Å². The van der Waals surface area contributed by atoms with Crippen LogP contribution in [-0.2, 0) is 11.8 Å². The van der Waals surface area contributed by atoms with E-state index in [0.29, 0.717) is 0 Å². The van der Waals surface area contributed by atoms with Crippen LogP contribution in [0, 0.1) is 0 Å². The van der Waals surface area contributed by atoms with E-state index in [1.165, 1.54) is 0 Å². The monoisotopic (exact) mass is 175 g/mol. The molecule has 0 atom stereocenters. The van der Waals surface area contributed by atoms with E-state index >= 15 is 0 Å². The normalized spacial score (nSPS) is 22.6. The summed E-state index contributed by atoms with van der Waals surface area (Å²) in [6.07, 6.45) is 0. The molecule has 1 fully saturated rings. The zero-order chi connectivity index (χ0) is 5.49. The summed E-state index contributed by atoms with van der Waals surface area (Å²) in [6, 6.07) is 0. The van der Waals surface area contributed by atoms with Crippen LogP contribution in [0.4, 0.5) is 0 Å². The van der Waals surface area contributed by atoms with Gasteiger partial charge in [-0.1, -0.05) is 22.5 Å². The second-order valence-electron chi connectivity index (χ2n) is 1.39. The molecule has 0 saturated carbocycles. The van der Waals surface area contributed by atoms with Crippen LogP contribution in [0.15, 0.2) is 0 Å². The quantitative estimate of drug-likeness (QED) is 0.444. The van der Waals surface area contributed by atoms with Crippen molar-refractivity contribution >= 4 is 39.2 Å². The fourth-order valence-corrected chi connectivity index (χ4v) is 2.23. The van der Waals surface area contributed by atoms with E-state index in [2.05, 4.69) is 0 Å². The lowest BCUT2D eigenvalue weighted by atomic mass is 11.0. The summed E-state index contributed by atoms with van der Waals surface area (Å²) in [5.74, 6) is 0. The minimum Gasteiger partial charge on any atom is -0.249 e. The van der Waals surface area contributed by atoms with E-state index in [4.69, 9.17) is 34.3 Å². The van der Waals surface area contributed by atoms with Gasteiger partial charge in [-0.15, -0.1) is 0 Å². The molecule has 5 heteroatoms. The van der Waals surface area contributed by atoms with Crippen LogP contribution in [0.3, 0.4) is 0 Å². The number of hydrogen-bond acceptors (Lipinski definition) is 1. The van der Waals surface area contributed by atoms with E-state index in [1.807, 2.05) is 4.67 Å². The first-order valence-corrected chi connectivity index (χ1v) is 6.42. The number of hydrogen-bond donors (Lipinski definition) is 0. The summed E-state index contributed by atoms with van der Waals surface area (Å²) in [6.45, 7) is 1.98. The Hall–Kier alpha value is 1.19. The number of halogens is 2. The molecular formula is C2H4Cl2NPS. The molecule has 1 aliphatic rings. The van der Waals surface area contributed by atoms with E-state index < -0.39 is 4.89 Å². The van der Waals surface area contributed by atoms with Crippen molar-refractivity contribution in [1.29, 1.82) is 0 Å². The Kier molecular flexibility index (Phi) is 1.67. The Bertz CT molecular complexity index is 117. The van der Waals surface area contributed by atoms with Crippen LogP contribution >= 0.6 is 27.4 Å². The first-order valence-electron chi connectivity index (χ1n) is 1.85. The minimum atomic E-state index is -2.02. The van der Waals surface area contributed by atoms with Gasteiger partial charge in [0.1, 0.15) is 0 Å². The lowest BCUT2D eigenvalue weighted by Gasteiger charge is -2.01. The molecule has 0 aromatic rings. The van der Waals surface area contributed by atoms with Crippen LogP contribution < -0.4 is 0 Å². The van der Waals surface area contributed by atoms with Crippen molar-refractivity contribution in [1.82, 2.24) is 4.67 Å². The molecule has 0 unspecified atom stereocenters. The maximum absolute atomic E-state index is 5.55. The fourth-order valence-electron chi connectivity index (χ4n) is 0.278. The molecule has 0 N–H and O–H groups in total. The molecule has 1 saturated heterocycles. The summed E-state index contributed by atoms with van der Waals surface area (Å²) >= 11 is 15.8. The molecule has 0 spiro atoms. The predicted octanol–water partition coefficient (Wildman–Crippen LogP) is 2.00. The molecule has 0 radical (unpaired) electrons. The van der Waals surface area contributed by atoms with Crippen molar-refractivity contribution in [3.8, 4) is 0 Å². The van der Waals surface area contributed by atoms with Gasteiger partial charge in [0.2, 0.25) is 0 Å². The molecule has 42 valence electrons. The lowest BCUT2D eigenvalue weighted by Crippen LogP contribution is -1.76. The van der Waals surface area contributed by atoms with Gasteiger partial charge in [-0.3, -0.25) is 0 Å². The average Bonchev–Trinajstić information content (AvgIpc) is 1.99. The van der Waals surface area contributed by atoms with Crippen molar-refractivity contribution in [2.45, 2.75) is 0 Å². The van der Waals surface area contributed by atoms with Crippen molar-refractivity contribution in [2.24, 2.45) is 0 Å². The lowest BCUT2D eigenvalue weighted by molar-refractivity contribution is 0.945. The second-order valence-corrected chi connectivity index (χ2v) is 9.07. The highest BCUT2D eigenvalue weighted by Crippen LogP contribution is 2.63. The maximum Gasteiger partial charge on any atom is 0.183 e. The highest BCUT2D eigenvalue weighted by molar-refractivity contribution is 8.37. The van der Waals surface area contributed by atoms with Gasteiger partial charge in [0.25, 0.3) is 0 Å². The van der Waals surface area contributed by atoms with Gasteiger partial charge in [-0.25, -0.2) is 4.67 Å². The summed E-state index contributed by atoms with van der Waals surface area (Å²) in [7, 11) is 0. The molecule has 0 amide bonds. The van der Waals surface area contributed by atoms with Crippen molar-refractivity contribution in [2.75, 3.05) is 13.1 Å². The van der Waals surface area contributed by atoms with Gasteiger partial charge in [0.15, 0.2) is 4.89 Å². The third kappa shape index (κ3) is 1.87. The minimum absolute atomic E-state index is 0.990. The Morgan fingerprint density at radius 1 is 1.43 bits per heavy atom. The summed E-state index contributed by atoms with van der Waals surface area (Å²) in [5, 5.41) is 0. The van der Waals surface area contributed by atoms with Crippen LogP contribution in [0.5, 0.6) is 0 Å². The van der Waals surface area contributed by atoms with Gasteiger partial charge < -0.3 is 0 Å². The van der Waals surface area contributed by atoms with Gasteiger partial charge >= 0.3 is 0 Å². The van der Waals surface area contributed by atoms with Gasteiger partial charge in [-0.05, 0) is 11.8 Å². The molecule has 1 rings (SSSR count). The van der Waals surface area contributed by atoms with Crippen molar-refractivity contribution in [3.05, 3.63) is 0 Å². The van der Waals surface area contributed by atoms with Gasteiger partial charge in [0.05, 0.1) is 0 Å². The summed E-state index contributed by atoms with van der Waals surface area (Å²) in [4.78, 5) is -2.02. The molecule has 1 nitrogen and oxygen atoms in total.